The van der Waals surface area contributed by atoms with Gasteiger partial charge in [-0.1, -0.05) is 17.7 Å². The van der Waals surface area contributed by atoms with Crippen molar-refractivity contribution in [2.24, 2.45) is 5.73 Å². The van der Waals surface area contributed by atoms with E-state index in [1.54, 1.807) is 17.4 Å². The van der Waals surface area contributed by atoms with Crippen molar-refractivity contribution in [1.82, 2.24) is 9.38 Å². The van der Waals surface area contributed by atoms with Crippen molar-refractivity contribution in [3.05, 3.63) is 52.8 Å². The van der Waals surface area contributed by atoms with Crippen LogP contribution < -0.4 is 10.5 Å². The third kappa shape index (κ3) is 3.37. The summed E-state index contributed by atoms with van der Waals surface area (Å²) in [4.78, 5) is 5.53. The molecule has 0 fully saturated rings. The Bertz CT molecular complexity index is 711. The van der Waals surface area contributed by atoms with Crippen LogP contribution in [0.25, 0.3) is 4.96 Å². The van der Waals surface area contributed by atoms with Gasteiger partial charge >= 0.3 is 0 Å². The number of ether oxygens (including phenoxy) is 1. The zero-order chi connectivity index (χ0) is 14.8. The maximum absolute atomic E-state index is 6.22. The molecule has 6 heteroatoms. The van der Waals surface area contributed by atoms with Gasteiger partial charge in [-0.05, 0) is 25.1 Å². The van der Waals surface area contributed by atoms with Crippen LogP contribution in [0.1, 0.15) is 12.6 Å². The van der Waals surface area contributed by atoms with Crippen molar-refractivity contribution in [2.75, 3.05) is 0 Å². The first kappa shape index (κ1) is 14.4. The van der Waals surface area contributed by atoms with Crippen molar-refractivity contribution in [2.45, 2.75) is 25.5 Å². The Kier molecular flexibility index (Phi) is 4.14. The van der Waals surface area contributed by atoms with E-state index in [2.05, 4.69) is 4.98 Å². The summed E-state index contributed by atoms with van der Waals surface area (Å²) in [6, 6.07) is 7.21. The number of hydrogen-bond donors (Lipinski definition) is 1. The van der Waals surface area contributed by atoms with E-state index in [4.69, 9.17) is 22.1 Å². The van der Waals surface area contributed by atoms with Crippen LogP contribution in [0.2, 0.25) is 5.02 Å². The highest BCUT2D eigenvalue weighted by Crippen LogP contribution is 2.20. The maximum Gasteiger partial charge on any atom is 0.193 e. The highest BCUT2D eigenvalue weighted by atomic mass is 35.5. The summed E-state index contributed by atoms with van der Waals surface area (Å²) in [7, 11) is 0. The van der Waals surface area contributed by atoms with Crippen molar-refractivity contribution < 1.29 is 4.74 Å². The van der Waals surface area contributed by atoms with Crippen LogP contribution in [-0.4, -0.2) is 21.5 Å². The Morgan fingerprint density at radius 3 is 3.10 bits per heavy atom. The second-order valence-corrected chi connectivity index (χ2v) is 6.28. The fourth-order valence-electron chi connectivity index (χ4n) is 2.12. The van der Waals surface area contributed by atoms with E-state index in [1.165, 1.54) is 0 Å². The average Bonchev–Trinajstić information content (AvgIpc) is 2.99. The molecule has 2 N–H and O–H groups in total. The Balaban J connectivity index is 1.64. The third-order valence-corrected chi connectivity index (χ3v) is 4.31. The molecule has 4 nitrogen and oxygen atoms in total. The van der Waals surface area contributed by atoms with E-state index in [-0.39, 0.29) is 12.1 Å². The van der Waals surface area contributed by atoms with Crippen molar-refractivity contribution in [1.29, 1.82) is 0 Å². The molecule has 21 heavy (non-hydrogen) atoms. The van der Waals surface area contributed by atoms with Crippen LogP contribution in [0, 0.1) is 0 Å². The van der Waals surface area contributed by atoms with Crippen LogP contribution in [0.4, 0.5) is 0 Å². The molecule has 3 aromatic rings. The fourth-order valence-corrected chi connectivity index (χ4v) is 3.02. The SMILES string of the molecule is CC(Oc1cccc(Cl)c1)C(N)Cc1cn2ccsc2n1. The summed E-state index contributed by atoms with van der Waals surface area (Å²) in [5.74, 6) is 0.733. The van der Waals surface area contributed by atoms with Crippen molar-refractivity contribution in [3.8, 4) is 5.75 Å². The highest BCUT2D eigenvalue weighted by molar-refractivity contribution is 7.15. The van der Waals surface area contributed by atoms with E-state index < -0.39 is 0 Å². The molecule has 2 heterocycles. The average molecular weight is 322 g/mol. The van der Waals surface area contributed by atoms with Gasteiger partial charge in [0, 0.05) is 35.3 Å². The number of aromatic nitrogens is 2. The molecule has 2 unspecified atom stereocenters. The lowest BCUT2D eigenvalue weighted by molar-refractivity contribution is 0.188. The number of halogens is 1. The van der Waals surface area contributed by atoms with Crippen LogP contribution in [0.5, 0.6) is 5.75 Å². The number of thiazole rings is 1. The standard InChI is InChI=1S/C15H16ClN3OS/c1-10(20-13-4-2-3-11(16)7-13)14(17)8-12-9-19-5-6-21-15(19)18-12/h2-7,9-10,14H,8,17H2,1H3. The van der Waals surface area contributed by atoms with Crippen LogP contribution in [-0.2, 0) is 6.42 Å². The number of fused-ring (bicyclic) bond motifs is 1. The smallest absolute Gasteiger partial charge is 0.193 e. The predicted molar refractivity (Wildman–Crippen MR) is 86.3 cm³/mol. The lowest BCUT2D eigenvalue weighted by Gasteiger charge is -2.21. The van der Waals surface area contributed by atoms with Gasteiger partial charge in [-0.3, -0.25) is 4.40 Å². The number of nitrogens with zero attached hydrogens (tertiary/aromatic N) is 2. The minimum atomic E-state index is -0.131. The Morgan fingerprint density at radius 1 is 1.48 bits per heavy atom. The molecule has 2 aromatic heterocycles. The Hall–Kier alpha value is -1.56. The summed E-state index contributed by atoms with van der Waals surface area (Å²) < 4.78 is 7.85. The fraction of sp³-hybridized carbons (Fsp3) is 0.267. The van der Waals surface area contributed by atoms with Crippen molar-refractivity contribution in [3.63, 3.8) is 0 Å². The molecule has 0 radical (unpaired) electrons. The largest absolute Gasteiger partial charge is 0.489 e. The Morgan fingerprint density at radius 2 is 2.33 bits per heavy atom. The first-order valence-corrected chi connectivity index (χ1v) is 7.96. The first-order chi connectivity index (χ1) is 10.1. The topological polar surface area (TPSA) is 52.5 Å². The van der Waals surface area contributed by atoms with Gasteiger partial charge in [0.2, 0.25) is 0 Å². The van der Waals surface area contributed by atoms with E-state index in [0.29, 0.717) is 11.4 Å². The molecule has 0 saturated heterocycles. The summed E-state index contributed by atoms with van der Waals surface area (Å²) in [5, 5.41) is 2.67. The second kappa shape index (κ2) is 6.05. The summed E-state index contributed by atoms with van der Waals surface area (Å²) in [5.41, 5.74) is 7.20. The van der Waals surface area contributed by atoms with Crippen molar-refractivity contribution >= 4 is 27.9 Å². The van der Waals surface area contributed by atoms with Crippen LogP contribution in [0.3, 0.4) is 0 Å². The molecular formula is C15H16ClN3OS. The molecule has 110 valence electrons. The molecule has 0 aliphatic heterocycles. The van der Waals surface area contributed by atoms with Gasteiger partial charge in [-0.2, -0.15) is 0 Å². The van der Waals surface area contributed by atoms with E-state index >= 15 is 0 Å². The molecule has 0 spiro atoms. The zero-order valence-electron chi connectivity index (χ0n) is 11.6. The summed E-state index contributed by atoms with van der Waals surface area (Å²) in [6.07, 6.45) is 4.56. The minimum absolute atomic E-state index is 0.122. The lowest BCUT2D eigenvalue weighted by atomic mass is 10.1. The van der Waals surface area contributed by atoms with Gasteiger partial charge in [0.05, 0.1) is 5.69 Å². The van der Waals surface area contributed by atoms with Gasteiger partial charge in [0.25, 0.3) is 0 Å². The molecule has 2 atom stereocenters. The van der Waals surface area contributed by atoms with Gasteiger partial charge < -0.3 is 10.5 Å². The minimum Gasteiger partial charge on any atom is -0.489 e. The van der Waals surface area contributed by atoms with E-state index in [0.717, 1.165) is 16.4 Å². The number of benzene rings is 1. The van der Waals surface area contributed by atoms with Crippen LogP contribution in [0.15, 0.2) is 42.0 Å². The normalized spacial score (nSPS) is 14.2. The molecule has 0 aliphatic rings. The number of imidazole rings is 1. The molecule has 0 amide bonds. The Labute approximate surface area is 132 Å². The monoisotopic (exact) mass is 321 g/mol. The van der Waals surface area contributed by atoms with Gasteiger partial charge in [0.1, 0.15) is 11.9 Å². The van der Waals surface area contributed by atoms with E-state index in [9.17, 15) is 0 Å². The quantitative estimate of drug-likeness (QED) is 0.783. The van der Waals surface area contributed by atoms with Gasteiger partial charge in [-0.15, -0.1) is 11.3 Å². The molecule has 0 aliphatic carbocycles. The maximum atomic E-state index is 6.22. The number of rotatable bonds is 5. The molecule has 0 saturated carbocycles. The number of hydrogen-bond acceptors (Lipinski definition) is 4. The molecular weight excluding hydrogens is 306 g/mol. The molecule has 0 bridgehead atoms. The first-order valence-electron chi connectivity index (χ1n) is 6.71. The van der Waals surface area contributed by atoms with Crippen LogP contribution >= 0.6 is 22.9 Å². The third-order valence-electron chi connectivity index (χ3n) is 3.31. The highest BCUT2D eigenvalue weighted by Gasteiger charge is 2.17. The zero-order valence-corrected chi connectivity index (χ0v) is 13.1. The van der Waals surface area contributed by atoms with Gasteiger partial charge in [0.15, 0.2) is 4.96 Å². The predicted octanol–water partition coefficient (Wildman–Crippen LogP) is 3.39. The number of nitrogens with two attached hydrogens (primary N) is 1. The summed E-state index contributed by atoms with van der Waals surface area (Å²) in [6.45, 7) is 1.96. The van der Waals surface area contributed by atoms with Gasteiger partial charge in [-0.25, -0.2) is 4.98 Å². The second-order valence-electron chi connectivity index (χ2n) is 4.97. The summed E-state index contributed by atoms with van der Waals surface area (Å²) >= 11 is 7.56. The van der Waals surface area contributed by atoms with E-state index in [1.807, 2.05) is 47.3 Å². The molecule has 3 rings (SSSR count). The molecule has 1 aromatic carbocycles. The lowest BCUT2D eigenvalue weighted by Crippen LogP contribution is -2.38.